The number of aliphatic hydroxyl groups is 1. The van der Waals surface area contributed by atoms with Crippen LogP contribution in [0.2, 0.25) is 0 Å². The van der Waals surface area contributed by atoms with Gasteiger partial charge in [0, 0.05) is 18.4 Å². The lowest BCUT2D eigenvalue weighted by atomic mass is 9.84. The number of carbonyl (C=O) groups is 1. The van der Waals surface area contributed by atoms with Gasteiger partial charge < -0.3 is 9.63 Å². The summed E-state index contributed by atoms with van der Waals surface area (Å²) >= 11 is 0. The van der Waals surface area contributed by atoms with Crippen LogP contribution in [0, 0.1) is 0 Å². The Hall–Kier alpha value is -1.36. The molecule has 0 aromatic carbocycles. The Morgan fingerprint density at radius 1 is 1.67 bits per heavy atom. The smallest absolute Gasteiger partial charge is 0.231 e. The maximum Gasteiger partial charge on any atom is 0.231 e. The largest absolute Gasteiger partial charge is 0.392 e. The summed E-state index contributed by atoms with van der Waals surface area (Å²) in [5.41, 5.74) is 0.112. The van der Waals surface area contributed by atoms with Gasteiger partial charge in [0.2, 0.25) is 11.8 Å². The number of amides is 1. The molecule has 0 saturated heterocycles. The Morgan fingerprint density at radius 2 is 2.27 bits per heavy atom. The molecule has 1 unspecified atom stereocenters. The Bertz CT molecular complexity index is 355. The molecule has 0 bridgehead atoms. The van der Waals surface area contributed by atoms with Gasteiger partial charge in [-0.3, -0.25) is 10.1 Å². The van der Waals surface area contributed by atoms with Crippen LogP contribution < -0.4 is 5.32 Å². The van der Waals surface area contributed by atoms with Crippen molar-refractivity contribution in [3.63, 3.8) is 0 Å². The topological polar surface area (TPSA) is 75.4 Å². The summed E-state index contributed by atoms with van der Waals surface area (Å²) in [5.74, 6) is 0.0822. The second kappa shape index (κ2) is 4.02. The first-order chi connectivity index (χ1) is 6.84. The molecule has 0 saturated carbocycles. The molecular formula is C10H16N2O3. The molecular weight excluding hydrogens is 196 g/mol. The molecule has 84 valence electrons. The highest BCUT2D eigenvalue weighted by molar-refractivity contribution is 5.87. The third-order valence-electron chi connectivity index (χ3n) is 2.51. The molecule has 1 heterocycles. The van der Waals surface area contributed by atoms with E-state index in [1.54, 1.807) is 13.0 Å². The fourth-order valence-electron chi connectivity index (χ4n) is 1.03. The monoisotopic (exact) mass is 212 g/mol. The Balaban J connectivity index is 2.88. The van der Waals surface area contributed by atoms with E-state index in [4.69, 9.17) is 4.52 Å². The van der Waals surface area contributed by atoms with Gasteiger partial charge in [-0.25, -0.2) is 0 Å². The molecule has 0 aliphatic rings. The van der Waals surface area contributed by atoms with Crippen LogP contribution in [0.4, 0.5) is 5.88 Å². The Morgan fingerprint density at radius 3 is 2.73 bits per heavy atom. The highest BCUT2D eigenvalue weighted by Crippen LogP contribution is 2.27. The van der Waals surface area contributed by atoms with Gasteiger partial charge in [0.05, 0.1) is 11.8 Å². The van der Waals surface area contributed by atoms with Crippen molar-refractivity contribution < 1.29 is 14.4 Å². The number of anilines is 1. The molecule has 5 nitrogen and oxygen atoms in total. The number of hydrogen-bond acceptors (Lipinski definition) is 4. The maximum atomic E-state index is 10.8. The van der Waals surface area contributed by atoms with Crippen LogP contribution in [0.1, 0.15) is 33.4 Å². The first-order valence-corrected chi connectivity index (χ1v) is 4.77. The van der Waals surface area contributed by atoms with Gasteiger partial charge in [0.15, 0.2) is 0 Å². The predicted octanol–water partition coefficient (Wildman–Crippen LogP) is 1.29. The number of aromatic nitrogens is 1. The molecule has 0 spiro atoms. The molecule has 15 heavy (non-hydrogen) atoms. The highest BCUT2D eigenvalue weighted by atomic mass is 16.5. The van der Waals surface area contributed by atoms with Crippen LogP contribution in [-0.2, 0) is 10.2 Å². The highest BCUT2D eigenvalue weighted by Gasteiger charge is 2.30. The van der Waals surface area contributed by atoms with E-state index in [0.29, 0.717) is 11.6 Å². The number of nitrogens with one attached hydrogen (secondary N) is 1. The zero-order valence-corrected chi connectivity index (χ0v) is 9.37. The van der Waals surface area contributed by atoms with Crippen LogP contribution >= 0.6 is 0 Å². The average molecular weight is 212 g/mol. The van der Waals surface area contributed by atoms with Gasteiger partial charge >= 0.3 is 0 Å². The van der Waals surface area contributed by atoms with Crippen molar-refractivity contribution in [2.75, 3.05) is 5.32 Å². The maximum absolute atomic E-state index is 10.8. The van der Waals surface area contributed by atoms with Crippen molar-refractivity contribution in [2.24, 2.45) is 0 Å². The van der Waals surface area contributed by atoms with Gasteiger partial charge in [-0.2, -0.15) is 0 Å². The second-order valence-electron chi connectivity index (χ2n) is 4.16. The Kier molecular flexibility index (Phi) is 3.14. The molecule has 1 atom stereocenters. The van der Waals surface area contributed by atoms with E-state index in [-0.39, 0.29) is 5.91 Å². The molecule has 0 aliphatic carbocycles. The second-order valence-corrected chi connectivity index (χ2v) is 4.16. The molecule has 1 aromatic heterocycles. The zero-order chi connectivity index (χ0) is 11.6. The standard InChI is InChI=1S/C10H16N2O3/c1-6(13)10(3,4)8-5-9(15-12-8)11-7(2)14/h5-6,13H,1-4H3,(H,11,14). The molecule has 1 amide bonds. The van der Waals surface area contributed by atoms with Crippen LogP contribution in [0.5, 0.6) is 0 Å². The zero-order valence-electron chi connectivity index (χ0n) is 9.37. The lowest BCUT2D eigenvalue weighted by Crippen LogP contribution is -2.31. The third kappa shape index (κ3) is 2.56. The summed E-state index contributed by atoms with van der Waals surface area (Å²) in [6.45, 7) is 6.79. The number of hydrogen-bond donors (Lipinski definition) is 2. The van der Waals surface area contributed by atoms with Gasteiger partial charge in [-0.05, 0) is 6.92 Å². The van der Waals surface area contributed by atoms with Crippen LogP contribution in [0.15, 0.2) is 10.6 Å². The molecule has 0 fully saturated rings. The summed E-state index contributed by atoms with van der Waals surface area (Å²) in [6, 6.07) is 1.62. The van der Waals surface area contributed by atoms with E-state index in [2.05, 4.69) is 10.5 Å². The minimum atomic E-state index is -0.548. The van der Waals surface area contributed by atoms with Crippen molar-refractivity contribution in [3.8, 4) is 0 Å². The Labute approximate surface area is 88.5 Å². The summed E-state index contributed by atoms with van der Waals surface area (Å²) in [4.78, 5) is 10.8. The van der Waals surface area contributed by atoms with Gasteiger partial charge in [0.1, 0.15) is 0 Å². The van der Waals surface area contributed by atoms with E-state index in [0.717, 1.165) is 0 Å². The molecule has 0 radical (unpaired) electrons. The summed E-state index contributed by atoms with van der Waals surface area (Å²) < 4.78 is 4.92. The van der Waals surface area contributed by atoms with Crippen LogP contribution in [-0.4, -0.2) is 22.3 Å². The van der Waals surface area contributed by atoms with E-state index in [9.17, 15) is 9.90 Å². The summed E-state index contributed by atoms with van der Waals surface area (Å²) in [5, 5.41) is 15.9. The normalized spacial score (nSPS) is 13.7. The fraction of sp³-hybridized carbons (Fsp3) is 0.600. The number of aliphatic hydroxyl groups excluding tert-OH is 1. The SMILES string of the molecule is CC(=O)Nc1cc(C(C)(C)C(C)O)no1. The molecule has 0 aliphatic heterocycles. The van der Waals surface area contributed by atoms with Crippen molar-refractivity contribution in [3.05, 3.63) is 11.8 Å². The number of nitrogens with zero attached hydrogens (tertiary/aromatic N) is 1. The minimum Gasteiger partial charge on any atom is -0.392 e. The number of rotatable bonds is 3. The van der Waals surface area contributed by atoms with E-state index < -0.39 is 11.5 Å². The van der Waals surface area contributed by atoms with Crippen LogP contribution in [0.3, 0.4) is 0 Å². The van der Waals surface area contributed by atoms with Gasteiger partial charge in [-0.15, -0.1) is 0 Å². The fourth-order valence-corrected chi connectivity index (χ4v) is 1.03. The quantitative estimate of drug-likeness (QED) is 0.791. The first kappa shape index (κ1) is 11.7. The lowest BCUT2D eigenvalue weighted by Gasteiger charge is -2.24. The number of carbonyl (C=O) groups excluding carboxylic acids is 1. The van der Waals surface area contributed by atoms with E-state index >= 15 is 0 Å². The van der Waals surface area contributed by atoms with E-state index in [1.165, 1.54) is 6.92 Å². The van der Waals surface area contributed by atoms with Crippen molar-refractivity contribution in [2.45, 2.75) is 39.2 Å². The molecule has 5 heteroatoms. The molecule has 1 aromatic rings. The van der Waals surface area contributed by atoms with Gasteiger partial charge in [-0.1, -0.05) is 19.0 Å². The lowest BCUT2D eigenvalue weighted by molar-refractivity contribution is -0.114. The molecule has 2 N–H and O–H groups in total. The predicted molar refractivity (Wildman–Crippen MR) is 55.5 cm³/mol. The van der Waals surface area contributed by atoms with Gasteiger partial charge in [0.25, 0.3) is 0 Å². The first-order valence-electron chi connectivity index (χ1n) is 4.77. The summed E-state index contributed by atoms with van der Waals surface area (Å²) in [7, 11) is 0. The van der Waals surface area contributed by atoms with E-state index in [1.807, 2.05) is 13.8 Å². The average Bonchev–Trinajstić information content (AvgIpc) is 2.51. The molecule has 1 rings (SSSR count). The van der Waals surface area contributed by atoms with Crippen LogP contribution in [0.25, 0.3) is 0 Å². The third-order valence-corrected chi connectivity index (χ3v) is 2.51. The van der Waals surface area contributed by atoms with Crippen molar-refractivity contribution in [1.82, 2.24) is 5.16 Å². The summed E-state index contributed by atoms with van der Waals surface area (Å²) in [6.07, 6.45) is -0.548. The van der Waals surface area contributed by atoms with Crippen molar-refractivity contribution in [1.29, 1.82) is 0 Å². The minimum absolute atomic E-state index is 0.215. The van der Waals surface area contributed by atoms with Crippen molar-refractivity contribution >= 4 is 11.8 Å².